The first-order valence-corrected chi connectivity index (χ1v) is 8.29. The molecule has 2 rings (SSSR count). The van der Waals surface area contributed by atoms with Gasteiger partial charge in [-0.15, -0.1) is 0 Å². The summed E-state index contributed by atoms with van der Waals surface area (Å²) in [6, 6.07) is 3.32. The average Bonchev–Trinajstić information content (AvgIpc) is 3.05. The molecule has 28 heavy (non-hydrogen) atoms. The third kappa shape index (κ3) is 4.54. The zero-order valence-corrected chi connectivity index (χ0v) is 15.1. The zero-order chi connectivity index (χ0) is 21.1. The molecular weight excluding hydrogens is 407 g/mol. The third-order valence-electron chi connectivity index (χ3n) is 3.22. The number of nitro benzene ring substituents is 1. The van der Waals surface area contributed by atoms with Gasteiger partial charge in [-0.25, -0.2) is 9.78 Å². The van der Waals surface area contributed by atoms with E-state index in [-0.39, 0.29) is 23.7 Å². The maximum absolute atomic E-state index is 13.1. The summed E-state index contributed by atoms with van der Waals surface area (Å²) < 4.78 is 48.8. The van der Waals surface area contributed by atoms with Crippen LogP contribution in [0.5, 0.6) is 5.75 Å². The van der Waals surface area contributed by atoms with Crippen LogP contribution in [0, 0.1) is 10.1 Å². The molecule has 0 spiro atoms. The zero-order valence-electron chi connectivity index (χ0n) is 14.3. The minimum absolute atomic E-state index is 0.123. The summed E-state index contributed by atoms with van der Waals surface area (Å²) in [5.41, 5.74) is -2.56. The van der Waals surface area contributed by atoms with Crippen molar-refractivity contribution in [3.8, 4) is 5.75 Å². The van der Waals surface area contributed by atoms with Crippen LogP contribution in [0.4, 0.5) is 24.0 Å². The number of benzene rings is 1. The van der Waals surface area contributed by atoms with Crippen LogP contribution in [0.3, 0.4) is 0 Å². The Morgan fingerprint density at radius 3 is 2.57 bits per heavy atom. The molecule has 2 aromatic rings. The van der Waals surface area contributed by atoms with Gasteiger partial charge in [0.05, 0.1) is 18.6 Å². The number of methoxy groups -OCH3 is 1. The molecule has 0 saturated carbocycles. The molecule has 1 amide bonds. The van der Waals surface area contributed by atoms with Crippen LogP contribution in [-0.2, 0) is 10.9 Å². The fourth-order valence-electron chi connectivity index (χ4n) is 2.05. The molecule has 0 bridgehead atoms. The Balaban J connectivity index is 2.42. The summed E-state index contributed by atoms with van der Waals surface area (Å²) in [4.78, 5) is 36.8. The molecule has 1 aromatic carbocycles. The van der Waals surface area contributed by atoms with Crippen LogP contribution in [0.15, 0.2) is 18.2 Å². The average molecular weight is 419 g/mol. The van der Waals surface area contributed by atoms with Gasteiger partial charge >= 0.3 is 12.1 Å². The lowest BCUT2D eigenvalue weighted by atomic mass is 10.1. The van der Waals surface area contributed by atoms with E-state index in [0.717, 1.165) is 12.1 Å². The Morgan fingerprint density at radius 2 is 2.04 bits per heavy atom. The van der Waals surface area contributed by atoms with Crippen LogP contribution in [-0.4, -0.2) is 35.5 Å². The molecule has 0 radical (unpaired) electrons. The standard InChI is InChI=1S/C15H12F3N3O6S/c1-3-27-13(23)10-11(15(16,17)18)19-14(28-10)20-12(22)8-6-7(26-2)4-5-9(8)21(24)25/h4-6H,3H2,1-2H3,(H,19,20,22). The molecule has 0 atom stereocenters. The molecular formula is C15H12F3N3O6S. The summed E-state index contributed by atoms with van der Waals surface area (Å²) >= 11 is 0.243. The molecule has 150 valence electrons. The molecule has 0 fully saturated rings. The highest BCUT2D eigenvalue weighted by molar-refractivity contribution is 7.17. The monoisotopic (exact) mass is 419 g/mol. The van der Waals surface area contributed by atoms with E-state index >= 15 is 0 Å². The van der Waals surface area contributed by atoms with E-state index in [1.165, 1.54) is 20.1 Å². The van der Waals surface area contributed by atoms with Crippen molar-refractivity contribution in [2.45, 2.75) is 13.1 Å². The number of nitrogens with zero attached hydrogens (tertiary/aromatic N) is 2. The Bertz CT molecular complexity index is 928. The van der Waals surface area contributed by atoms with E-state index in [0.29, 0.717) is 0 Å². The number of alkyl halides is 3. The normalized spacial score (nSPS) is 11.0. The van der Waals surface area contributed by atoms with Gasteiger partial charge in [0, 0.05) is 6.07 Å². The van der Waals surface area contributed by atoms with Crippen LogP contribution >= 0.6 is 11.3 Å². The van der Waals surface area contributed by atoms with Crippen LogP contribution in [0.25, 0.3) is 0 Å². The minimum Gasteiger partial charge on any atom is -0.497 e. The van der Waals surface area contributed by atoms with E-state index in [9.17, 15) is 32.9 Å². The Hall–Kier alpha value is -3.22. The fraction of sp³-hybridized carbons (Fsp3) is 0.267. The topological polar surface area (TPSA) is 121 Å². The lowest BCUT2D eigenvalue weighted by Gasteiger charge is -2.06. The number of anilines is 1. The van der Waals surface area contributed by atoms with Crippen molar-refractivity contribution < 1.29 is 37.2 Å². The predicted octanol–water partition coefficient (Wildman–Crippen LogP) is 3.51. The smallest absolute Gasteiger partial charge is 0.435 e. The highest BCUT2D eigenvalue weighted by Crippen LogP contribution is 2.37. The summed E-state index contributed by atoms with van der Waals surface area (Å²) in [5.74, 6) is -2.22. The molecule has 0 unspecified atom stereocenters. The van der Waals surface area contributed by atoms with Crippen molar-refractivity contribution in [3.63, 3.8) is 0 Å². The Labute approximate surface area is 159 Å². The largest absolute Gasteiger partial charge is 0.497 e. The second kappa shape index (κ2) is 8.21. The van der Waals surface area contributed by atoms with Gasteiger partial charge in [-0.05, 0) is 19.1 Å². The number of carbonyl (C=O) groups excluding carboxylic acids is 2. The first-order valence-electron chi connectivity index (χ1n) is 7.47. The number of esters is 1. The lowest BCUT2D eigenvalue weighted by Crippen LogP contribution is -2.15. The van der Waals surface area contributed by atoms with E-state index < -0.39 is 49.9 Å². The number of amides is 1. The molecule has 9 nitrogen and oxygen atoms in total. The van der Waals surface area contributed by atoms with Gasteiger partial charge in [0.1, 0.15) is 16.2 Å². The molecule has 0 aliphatic heterocycles. The first-order chi connectivity index (χ1) is 13.1. The minimum atomic E-state index is -4.97. The molecule has 0 aliphatic carbocycles. The van der Waals surface area contributed by atoms with Gasteiger partial charge in [-0.1, -0.05) is 11.3 Å². The molecule has 0 aliphatic rings. The first kappa shape index (κ1) is 21.1. The predicted molar refractivity (Wildman–Crippen MR) is 90.7 cm³/mol. The van der Waals surface area contributed by atoms with Gasteiger partial charge in [0.15, 0.2) is 10.8 Å². The number of halogens is 3. The van der Waals surface area contributed by atoms with Crippen molar-refractivity contribution in [1.82, 2.24) is 4.98 Å². The maximum Gasteiger partial charge on any atom is 0.435 e. The highest BCUT2D eigenvalue weighted by atomic mass is 32.1. The van der Waals surface area contributed by atoms with Gasteiger partial charge in [0.25, 0.3) is 11.6 Å². The van der Waals surface area contributed by atoms with Crippen molar-refractivity contribution >= 4 is 34.0 Å². The number of nitro groups is 1. The van der Waals surface area contributed by atoms with E-state index in [2.05, 4.69) is 9.72 Å². The van der Waals surface area contributed by atoms with Crippen LogP contribution in [0.2, 0.25) is 0 Å². The number of thiazole rings is 1. The van der Waals surface area contributed by atoms with E-state index in [4.69, 9.17) is 4.74 Å². The highest BCUT2D eigenvalue weighted by Gasteiger charge is 2.40. The third-order valence-corrected chi connectivity index (χ3v) is 4.17. The lowest BCUT2D eigenvalue weighted by molar-refractivity contribution is -0.385. The fourth-order valence-corrected chi connectivity index (χ4v) is 2.92. The number of ether oxygens (including phenoxy) is 2. The van der Waals surface area contributed by atoms with E-state index in [1.807, 2.05) is 5.32 Å². The summed E-state index contributed by atoms with van der Waals surface area (Å²) in [7, 11) is 1.27. The van der Waals surface area contributed by atoms with Gasteiger partial charge in [-0.3, -0.25) is 20.2 Å². The van der Waals surface area contributed by atoms with Crippen LogP contribution < -0.4 is 10.1 Å². The summed E-state index contributed by atoms with van der Waals surface area (Å²) in [6.45, 7) is 1.25. The number of rotatable bonds is 6. The quantitative estimate of drug-likeness (QED) is 0.432. The van der Waals surface area contributed by atoms with Gasteiger partial charge in [-0.2, -0.15) is 13.2 Å². The van der Waals surface area contributed by atoms with Crippen LogP contribution in [0.1, 0.15) is 32.6 Å². The van der Waals surface area contributed by atoms with Crippen molar-refractivity contribution in [1.29, 1.82) is 0 Å². The second-order valence-electron chi connectivity index (χ2n) is 5.01. The van der Waals surface area contributed by atoms with Gasteiger partial charge < -0.3 is 9.47 Å². The molecule has 1 aromatic heterocycles. The summed E-state index contributed by atoms with van der Waals surface area (Å²) in [5, 5.41) is 12.6. The number of hydrogen-bond donors (Lipinski definition) is 1. The molecule has 1 N–H and O–H groups in total. The molecule has 0 saturated heterocycles. The number of aromatic nitrogens is 1. The number of hydrogen-bond acceptors (Lipinski definition) is 8. The maximum atomic E-state index is 13.1. The number of carbonyl (C=O) groups is 2. The molecule has 13 heteroatoms. The Morgan fingerprint density at radius 1 is 1.36 bits per heavy atom. The van der Waals surface area contributed by atoms with Crippen molar-refractivity contribution in [2.24, 2.45) is 0 Å². The molecule has 1 heterocycles. The Kier molecular flexibility index (Phi) is 6.18. The van der Waals surface area contributed by atoms with E-state index in [1.54, 1.807) is 0 Å². The summed E-state index contributed by atoms with van der Waals surface area (Å²) in [6.07, 6.45) is -4.97. The van der Waals surface area contributed by atoms with Crippen molar-refractivity contribution in [3.05, 3.63) is 44.4 Å². The second-order valence-corrected chi connectivity index (χ2v) is 6.01. The van der Waals surface area contributed by atoms with Gasteiger partial charge in [0.2, 0.25) is 0 Å². The number of nitrogens with one attached hydrogen (secondary N) is 1. The van der Waals surface area contributed by atoms with Crippen molar-refractivity contribution in [2.75, 3.05) is 19.0 Å². The SMILES string of the molecule is CCOC(=O)c1sc(NC(=O)c2cc(OC)ccc2[N+](=O)[O-])nc1C(F)(F)F.